The third-order valence-corrected chi connectivity index (χ3v) is 3.02. The van der Waals surface area contributed by atoms with E-state index < -0.39 is 0 Å². The topological polar surface area (TPSA) is 67.6 Å². The molecule has 1 saturated heterocycles. The maximum Gasteiger partial charge on any atom is 0.318 e. The molecule has 0 aromatic rings. The molecule has 1 aliphatic rings. The summed E-state index contributed by atoms with van der Waals surface area (Å²) in [5.74, 6) is 0.508. The molecule has 0 radical (unpaired) electrons. The summed E-state index contributed by atoms with van der Waals surface area (Å²) in [4.78, 5) is 13.8. The molecule has 1 rings (SSSR count). The van der Waals surface area contributed by atoms with Crippen molar-refractivity contribution in [2.45, 2.75) is 32.7 Å². The van der Waals surface area contributed by atoms with Crippen LogP contribution in [-0.2, 0) is 4.74 Å². The number of nitrogens with zero attached hydrogens (tertiary/aromatic N) is 1. The van der Waals surface area contributed by atoms with Crippen molar-refractivity contribution in [2.75, 3.05) is 32.8 Å². The van der Waals surface area contributed by atoms with Gasteiger partial charge in [0.1, 0.15) is 0 Å². The molecule has 3 N–H and O–H groups in total. The van der Waals surface area contributed by atoms with Gasteiger partial charge in [-0.15, -0.1) is 0 Å². The minimum atomic E-state index is -0.316. The molecule has 5 nitrogen and oxygen atoms in total. The maximum atomic E-state index is 12.1. The van der Waals surface area contributed by atoms with E-state index in [9.17, 15) is 4.79 Å². The van der Waals surface area contributed by atoms with Gasteiger partial charge in [0.15, 0.2) is 0 Å². The van der Waals surface area contributed by atoms with Crippen LogP contribution >= 0.6 is 0 Å². The zero-order valence-electron chi connectivity index (χ0n) is 11.2. The molecule has 5 heteroatoms. The monoisotopic (exact) mass is 243 g/mol. The molecule has 0 aromatic carbocycles. The summed E-state index contributed by atoms with van der Waals surface area (Å²) in [6.07, 6.45) is 0.888. The zero-order valence-corrected chi connectivity index (χ0v) is 11.2. The molecule has 0 saturated carbocycles. The minimum Gasteiger partial charge on any atom is -0.378 e. The van der Waals surface area contributed by atoms with E-state index >= 15 is 0 Å². The van der Waals surface area contributed by atoms with E-state index in [0.29, 0.717) is 38.8 Å². The summed E-state index contributed by atoms with van der Waals surface area (Å²) in [5.41, 5.74) is 5.46. The van der Waals surface area contributed by atoms with E-state index in [-0.39, 0.29) is 11.6 Å². The number of urea groups is 1. The quantitative estimate of drug-likeness (QED) is 0.767. The van der Waals surface area contributed by atoms with Crippen molar-refractivity contribution >= 4 is 6.03 Å². The lowest BCUT2D eigenvalue weighted by Gasteiger charge is -2.35. The van der Waals surface area contributed by atoms with Crippen LogP contribution in [0.2, 0.25) is 0 Å². The Bertz CT molecular complexity index is 252. The highest BCUT2D eigenvalue weighted by Crippen LogP contribution is 2.15. The molecule has 0 aromatic heterocycles. The number of morpholine rings is 1. The van der Waals surface area contributed by atoms with Gasteiger partial charge in [0.05, 0.1) is 18.8 Å². The second kappa shape index (κ2) is 6.21. The van der Waals surface area contributed by atoms with Gasteiger partial charge in [-0.2, -0.15) is 0 Å². The molecule has 100 valence electrons. The van der Waals surface area contributed by atoms with E-state index in [2.05, 4.69) is 19.2 Å². The first kappa shape index (κ1) is 14.3. The second-order valence-electron chi connectivity index (χ2n) is 5.39. The fourth-order valence-electron chi connectivity index (χ4n) is 2.19. The normalized spacial score (nSPS) is 20.2. The average Bonchev–Trinajstić information content (AvgIpc) is 2.29. The lowest BCUT2D eigenvalue weighted by Crippen LogP contribution is -2.57. The maximum absolute atomic E-state index is 12.1. The molecule has 0 spiro atoms. The minimum absolute atomic E-state index is 0.0260. The van der Waals surface area contributed by atoms with Crippen LogP contribution in [-0.4, -0.2) is 49.3 Å². The van der Waals surface area contributed by atoms with Gasteiger partial charge >= 0.3 is 6.03 Å². The highest BCUT2D eigenvalue weighted by atomic mass is 16.5. The fourth-order valence-corrected chi connectivity index (χ4v) is 2.19. The Labute approximate surface area is 104 Å². The lowest BCUT2D eigenvalue weighted by atomic mass is 9.91. The third kappa shape index (κ3) is 4.52. The standard InChI is InChI=1S/C12H25N3O2/c1-10(2)8-12(3,9-13)14-11(16)15-4-6-17-7-5-15/h10H,4-9,13H2,1-3H3,(H,14,16). The number of hydrogen-bond donors (Lipinski definition) is 2. The Morgan fingerprint density at radius 1 is 1.47 bits per heavy atom. The number of nitrogens with one attached hydrogen (secondary N) is 1. The number of hydrogen-bond acceptors (Lipinski definition) is 3. The Balaban J connectivity index is 2.51. The predicted octanol–water partition coefficient (Wildman–Crippen LogP) is 0.792. The molecule has 1 heterocycles. The number of amides is 2. The van der Waals surface area contributed by atoms with Crippen LogP contribution in [0, 0.1) is 5.92 Å². The van der Waals surface area contributed by atoms with Gasteiger partial charge in [0.2, 0.25) is 0 Å². The van der Waals surface area contributed by atoms with Crippen molar-refractivity contribution in [1.29, 1.82) is 0 Å². The van der Waals surface area contributed by atoms with Crippen molar-refractivity contribution in [2.24, 2.45) is 11.7 Å². The molecule has 2 amide bonds. The molecule has 17 heavy (non-hydrogen) atoms. The van der Waals surface area contributed by atoms with E-state index in [1.54, 1.807) is 4.90 Å². The first-order valence-corrected chi connectivity index (χ1v) is 6.32. The number of carbonyl (C=O) groups excluding carboxylic acids is 1. The summed E-state index contributed by atoms with van der Waals surface area (Å²) in [5, 5.41) is 3.05. The van der Waals surface area contributed by atoms with E-state index in [1.165, 1.54) is 0 Å². The van der Waals surface area contributed by atoms with Gasteiger partial charge in [-0.05, 0) is 19.3 Å². The predicted molar refractivity (Wildman–Crippen MR) is 67.8 cm³/mol. The molecule has 1 aliphatic heterocycles. The van der Waals surface area contributed by atoms with Crippen LogP contribution in [0.3, 0.4) is 0 Å². The van der Waals surface area contributed by atoms with Crippen molar-refractivity contribution in [3.8, 4) is 0 Å². The molecule has 1 atom stereocenters. The van der Waals surface area contributed by atoms with Crippen LogP contribution in [0.5, 0.6) is 0 Å². The summed E-state index contributed by atoms with van der Waals surface area (Å²) in [6, 6.07) is -0.0260. The molecular formula is C12H25N3O2. The first-order valence-electron chi connectivity index (χ1n) is 6.32. The highest BCUT2D eigenvalue weighted by molar-refractivity contribution is 5.75. The van der Waals surface area contributed by atoms with Gasteiger partial charge in [-0.3, -0.25) is 0 Å². The number of ether oxygens (including phenoxy) is 1. The molecular weight excluding hydrogens is 218 g/mol. The smallest absolute Gasteiger partial charge is 0.318 e. The van der Waals surface area contributed by atoms with Gasteiger partial charge in [0, 0.05) is 19.6 Å². The molecule has 0 aliphatic carbocycles. The summed E-state index contributed by atoms with van der Waals surface area (Å²) in [7, 11) is 0. The van der Waals surface area contributed by atoms with Gasteiger partial charge < -0.3 is 20.7 Å². The lowest BCUT2D eigenvalue weighted by molar-refractivity contribution is 0.0508. The number of nitrogens with two attached hydrogens (primary N) is 1. The molecule has 0 bridgehead atoms. The third-order valence-electron chi connectivity index (χ3n) is 3.02. The average molecular weight is 243 g/mol. The number of carbonyl (C=O) groups is 1. The van der Waals surface area contributed by atoms with Crippen molar-refractivity contribution in [3.05, 3.63) is 0 Å². The molecule has 1 unspecified atom stereocenters. The van der Waals surface area contributed by atoms with E-state index in [0.717, 1.165) is 6.42 Å². The van der Waals surface area contributed by atoms with Crippen LogP contribution in [0.4, 0.5) is 4.79 Å². The molecule has 1 fully saturated rings. The second-order valence-corrected chi connectivity index (χ2v) is 5.39. The van der Waals surface area contributed by atoms with Crippen LogP contribution < -0.4 is 11.1 Å². The summed E-state index contributed by atoms with van der Waals surface area (Å²) in [6.45, 7) is 9.30. The van der Waals surface area contributed by atoms with Crippen LogP contribution in [0.1, 0.15) is 27.2 Å². The van der Waals surface area contributed by atoms with Gasteiger partial charge in [-0.25, -0.2) is 4.79 Å². The van der Waals surface area contributed by atoms with Crippen molar-refractivity contribution < 1.29 is 9.53 Å². The Morgan fingerprint density at radius 2 is 2.06 bits per heavy atom. The van der Waals surface area contributed by atoms with Crippen molar-refractivity contribution in [1.82, 2.24) is 10.2 Å². The number of rotatable bonds is 4. The largest absolute Gasteiger partial charge is 0.378 e. The van der Waals surface area contributed by atoms with E-state index in [4.69, 9.17) is 10.5 Å². The Hall–Kier alpha value is -0.810. The van der Waals surface area contributed by atoms with Crippen LogP contribution in [0.15, 0.2) is 0 Å². The summed E-state index contributed by atoms with van der Waals surface area (Å²) >= 11 is 0. The fraction of sp³-hybridized carbons (Fsp3) is 0.917. The first-order chi connectivity index (χ1) is 7.97. The van der Waals surface area contributed by atoms with Gasteiger partial charge in [0.25, 0.3) is 0 Å². The Morgan fingerprint density at radius 3 is 2.53 bits per heavy atom. The summed E-state index contributed by atoms with van der Waals surface area (Å²) < 4.78 is 5.22. The zero-order chi connectivity index (χ0) is 12.9. The van der Waals surface area contributed by atoms with E-state index in [1.807, 2.05) is 6.92 Å². The Kier molecular flexibility index (Phi) is 5.21. The highest BCUT2D eigenvalue weighted by Gasteiger charge is 2.28. The SMILES string of the molecule is CC(C)CC(C)(CN)NC(=O)N1CCOCC1. The van der Waals surface area contributed by atoms with Crippen LogP contribution in [0.25, 0.3) is 0 Å². The van der Waals surface area contributed by atoms with Gasteiger partial charge in [-0.1, -0.05) is 13.8 Å². The van der Waals surface area contributed by atoms with Crippen molar-refractivity contribution in [3.63, 3.8) is 0 Å².